The second-order valence-corrected chi connectivity index (χ2v) is 3.80. The van der Waals surface area contributed by atoms with Crippen LogP contribution in [-0.2, 0) is 4.79 Å². The molecule has 4 heteroatoms. The van der Waals surface area contributed by atoms with E-state index in [1.807, 2.05) is 0 Å². The molecule has 0 aliphatic carbocycles. The first kappa shape index (κ1) is 11.5. The molecule has 0 fully saturated rings. The van der Waals surface area contributed by atoms with E-state index < -0.39 is 17.7 Å². The van der Waals surface area contributed by atoms with Crippen molar-refractivity contribution in [2.45, 2.75) is 25.6 Å². The van der Waals surface area contributed by atoms with Crippen molar-refractivity contribution in [2.75, 3.05) is 0 Å². The van der Waals surface area contributed by atoms with Crippen LogP contribution in [0.3, 0.4) is 0 Å². The number of benzene rings is 1. The van der Waals surface area contributed by atoms with Gasteiger partial charge in [0.05, 0.1) is 0 Å². The Morgan fingerprint density at radius 2 is 1.87 bits per heavy atom. The van der Waals surface area contributed by atoms with Crippen LogP contribution in [0.25, 0.3) is 0 Å². The van der Waals surface area contributed by atoms with Crippen LogP contribution in [0.15, 0.2) is 30.3 Å². The van der Waals surface area contributed by atoms with Gasteiger partial charge in [0, 0.05) is 0 Å². The van der Waals surface area contributed by atoms with Gasteiger partial charge in [-0.2, -0.15) is 0 Å². The van der Waals surface area contributed by atoms with E-state index in [0.717, 1.165) is 0 Å². The van der Waals surface area contributed by atoms with E-state index >= 15 is 0 Å². The van der Waals surface area contributed by atoms with E-state index in [9.17, 15) is 9.90 Å². The number of aliphatic hydroxyl groups is 1. The first-order valence-electron chi connectivity index (χ1n) is 4.58. The fourth-order valence-corrected chi connectivity index (χ4v) is 1.13. The van der Waals surface area contributed by atoms with Crippen LogP contribution in [0.5, 0.6) is 5.75 Å². The average molecular weight is 210 g/mol. The molecule has 1 aromatic carbocycles. The molecule has 0 saturated heterocycles. The smallest absolute Gasteiger partial charge is 0.347 e. The minimum Gasteiger partial charge on any atom is -0.478 e. The summed E-state index contributed by atoms with van der Waals surface area (Å²) in [5.74, 6) is -0.765. The molecule has 0 unspecified atom stereocenters. The number of carboxylic acids is 1. The maximum Gasteiger partial charge on any atom is 0.347 e. The molecule has 82 valence electrons. The van der Waals surface area contributed by atoms with E-state index in [4.69, 9.17) is 9.84 Å². The fourth-order valence-electron chi connectivity index (χ4n) is 1.13. The quantitative estimate of drug-likeness (QED) is 0.785. The summed E-state index contributed by atoms with van der Waals surface area (Å²) in [6, 6.07) is 8.55. The van der Waals surface area contributed by atoms with Gasteiger partial charge in [0.15, 0.2) is 0 Å². The number of aliphatic carboxylic acids is 1. The molecular weight excluding hydrogens is 196 g/mol. The number of carbonyl (C=O) groups is 1. The third-order valence-corrected chi connectivity index (χ3v) is 1.86. The topological polar surface area (TPSA) is 66.8 Å². The lowest BCUT2D eigenvalue weighted by atomic mass is 10.0. The Labute approximate surface area is 88.1 Å². The van der Waals surface area contributed by atoms with Gasteiger partial charge >= 0.3 is 5.97 Å². The maximum atomic E-state index is 10.9. The van der Waals surface area contributed by atoms with E-state index in [2.05, 4.69) is 0 Å². The Morgan fingerprint density at radius 1 is 1.33 bits per heavy atom. The third-order valence-electron chi connectivity index (χ3n) is 1.86. The second-order valence-electron chi connectivity index (χ2n) is 3.80. The highest BCUT2D eigenvalue weighted by Crippen LogP contribution is 2.18. The lowest BCUT2D eigenvalue weighted by molar-refractivity contribution is -0.156. The van der Waals surface area contributed by atoms with E-state index in [1.54, 1.807) is 30.3 Å². The number of ether oxygens (including phenoxy) is 1. The predicted octanol–water partition coefficient (Wildman–Crippen LogP) is 1.29. The third kappa shape index (κ3) is 3.25. The van der Waals surface area contributed by atoms with Crippen LogP contribution < -0.4 is 4.74 Å². The van der Waals surface area contributed by atoms with Crippen LogP contribution >= 0.6 is 0 Å². The molecule has 0 aliphatic rings. The largest absolute Gasteiger partial charge is 0.478 e. The Kier molecular flexibility index (Phi) is 3.31. The number of carboxylic acid groups (broad SMARTS) is 1. The van der Waals surface area contributed by atoms with Crippen molar-refractivity contribution >= 4 is 5.97 Å². The molecule has 0 bridgehead atoms. The summed E-state index contributed by atoms with van der Waals surface area (Å²) in [6.45, 7) is 2.80. The SMILES string of the molecule is CC(C)(O)[C@H](Oc1ccccc1)C(=O)O. The van der Waals surface area contributed by atoms with Crippen molar-refractivity contribution in [3.05, 3.63) is 30.3 Å². The summed E-state index contributed by atoms with van der Waals surface area (Å²) in [5.41, 5.74) is -1.43. The maximum absolute atomic E-state index is 10.9. The van der Waals surface area contributed by atoms with Gasteiger partial charge in [-0.25, -0.2) is 4.79 Å². The molecular formula is C11H14O4. The van der Waals surface area contributed by atoms with Crippen LogP contribution in [0.4, 0.5) is 0 Å². The first-order chi connectivity index (χ1) is 6.91. The zero-order chi connectivity index (χ0) is 11.5. The minimum atomic E-state index is -1.43. The summed E-state index contributed by atoms with van der Waals surface area (Å²) in [7, 11) is 0. The molecule has 0 spiro atoms. The van der Waals surface area contributed by atoms with Crippen molar-refractivity contribution in [3.8, 4) is 5.75 Å². The Hall–Kier alpha value is -1.55. The molecule has 0 amide bonds. The molecule has 0 radical (unpaired) electrons. The van der Waals surface area contributed by atoms with Crippen LogP contribution in [0, 0.1) is 0 Å². The molecule has 0 aliphatic heterocycles. The highest BCUT2D eigenvalue weighted by molar-refractivity contribution is 5.74. The Balaban J connectivity index is 2.82. The minimum absolute atomic E-state index is 0.423. The molecule has 0 aromatic heterocycles. The summed E-state index contributed by atoms with van der Waals surface area (Å²) in [5, 5.41) is 18.5. The lowest BCUT2D eigenvalue weighted by Gasteiger charge is -2.26. The van der Waals surface area contributed by atoms with Gasteiger partial charge < -0.3 is 14.9 Å². The number of rotatable bonds is 4. The van der Waals surface area contributed by atoms with E-state index in [-0.39, 0.29) is 0 Å². The average Bonchev–Trinajstić information content (AvgIpc) is 2.13. The van der Waals surface area contributed by atoms with Crippen molar-refractivity contribution in [2.24, 2.45) is 0 Å². The molecule has 2 N–H and O–H groups in total. The van der Waals surface area contributed by atoms with Gasteiger partial charge in [0.25, 0.3) is 0 Å². The predicted molar refractivity (Wildman–Crippen MR) is 54.8 cm³/mol. The molecule has 1 rings (SSSR count). The summed E-state index contributed by atoms with van der Waals surface area (Å²) in [4.78, 5) is 10.9. The van der Waals surface area contributed by atoms with E-state index in [0.29, 0.717) is 5.75 Å². The fraction of sp³-hybridized carbons (Fsp3) is 0.364. The summed E-state index contributed by atoms with van der Waals surface area (Å²) in [6.07, 6.45) is -1.28. The van der Waals surface area contributed by atoms with Gasteiger partial charge in [0.1, 0.15) is 11.4 Å². The molecule has 4 nitrogen and oxygen atoms in total. The van der Waals surface area contributed by atoms with Gasteiger partial charge in [-0.1, -0.05) is 18.2 Å². The van der Waals surface area contributed by atoms with Crippen LogP contribution in [0.1, 0.15) is 13.8 Å². The van der Waals surface area contributed by atoms with Crippen LogP contribution in [0.2, 0.25) is 0 Å². The zero-order valence-corrected chi connectivity index (χ0v) is 8.68. The van der Waals surface area contributed by atoms with Gasteiger partial charge in [-0.3, -0.25) is 0 Å². The molecule has 1 aromatic rings. The molecule has 0 saturated carbocycles. The molecule has 0 heterocycles. The summed E-state index contributed by atoms with van der Waals surface area (Å²) < 4.78 is 5.19. The van der Waals surface area contributed by atoms with Gasteiger partial charge in [-0.05, 0) is 26.0 Å². The van der Waals surface area contributed by atoms with Crippen molar-refractivity contribution < 1.29 is 19.7 Å². The standard InChI is InChI=1S/C11H14O4/c1-11(2,14)9(10(12)13)15-8-6-4-3-5-7-8/h3-7,9,14H,1-2H3,(H,12,13)/t9-/m1/s1. The van der Waals surface area contributed by atoms with Crippen molar-refractivity contribution in [3.63, 3.8) is 0 Å². The normalized spacial score (nSPS) is 13.3. The zero-order valence-electron chi connectivity index (χ0n) is 8.68. The van der Waals surface area contributed by atoms with Gasteiger partial charge in [-0.15, -0.1) is 0 Å². The summed E-state index contributed by atoms with van der Waals surface area (Å²) >= 11 is 0. The van der Waals surface area contributed by atoms with Crippen molar-refractivity contribution in [1.82, 2.24) is 0 Å². The molecule has 15 heavy (non-hydrogen) atoms. The van der Waals surface area contributed by atoms with E-state index in [1.165, 1.54) is 13.8 Å². The Bertz CT molecular complexity index is 326. The number of para-hydroxylation sites is 1. The first-order valence-corrected chi connectivity index (χ1v) is 4.58. The highest BCUT2D eigenvalue weighted by Gasteiger charge is 2.35. The van der Waals surface area contributed by atoms with Crippen molar-refractivity contribution in [1.29, 1.82) is 0 Å². The highest BCUT2D eigenvalue weighted by atomic mass is 16.5. The number of hydrogen-bond donors (Lipinski definition) is 2. The second kappa shape index (κ2) is 4.31. The van der Waals surface area contributed by atoms with Crippen LogP contribution in [-0.4, -0.2) is 27.9 Å². The van der Waals surface area contributed by atoms with Gasteiger partial charge in [0.2, 0.25) is 6.10 Å². The lowest BCUT2D eigenvalue weighted by Crippen LogP contribution is -2.46. The molecule has 1 atom stereocenters. The number of hydrogen-bond acceptors (Lipinski definition) is 3. The Morgan fingerprint density at radius 3 is 2.27 bits per heavy atom. The monoisotopic (exact) mass is 210 g/mol.